The number of aliphatic hydroxyl groups excluding tert-OH is 4. The van der Waals surface area contributed by atoms with E-state index < -0.39 is 67.3 Å². The Morgan fingerprint density at radius 1 is 1.15 bits per heavy atom. The van der Waals surface area contributed by atoms with Crippen molar-refractivity contribution in [2.24, 2.45) is 0 Å². The molecule has 1 aromatic carbocycles. The van der Waals surface area contributed by atoms with Gasteiger partial charge in [0, 0.05) is 12.6 Å². The molecule has 1 aromatic heterocycles. The number of nitrogens with two attached hydrogens (primary N) is 1. The lowest BCUT2D eigenvalue weighted by molar-refractivity contribution is -0.254. The minimum Gasteiger partial charge on any atom is -0.394 e. The second kappa shape index (κ2) is 11.2. The summed E-state index contributed by atoms with van der Waals surface area (Å²) in [5.74, 6) is -1.45. The Hall–Kier alpha value is -3.36. The van der Waals surface area contributed by atoms with Crippen LogP contribution in [0.4, 0.5) is 5.82 Å². The van der Waals surface area contributed by atoms with Crippen molar-refractivity contribution in [1.29, 1.82) is 0 Å². The van der Waals surface area contributed by atoms with Crippen molar-refractivity contribution >= 4 is 17.6 Å². The Morgan fingerprint density at radius 3 is 2.50 bits per heavy atom. The number of aromatic nitrogens is 2. The molecule has 1 saturated heterocycles. The molecule has 3 rings (SSSR count). The summed E-state index contributed by atoms with van der Waals surface area (Å²) in [6, 6.07) is 7.51. The van der Waals surface area contributed by atoms with E-state index in [1.54, 1.807) is 30.3 Å². The first-order valence-corrected chi connectivity index (χ1v) is 10.5. The number of benzene rings is 1. The van der Waals surface area contributed by atoms with Crippen LogP contribution in [0.15, 0.2) is 47.4 Å². The van der Waals surface area contributed by atoms with Gasteiger partial charge < -0.3 is 41.5 Å². The van der Waals surface area contributed by atoms with Crippen molar-refractivity contribution in [2.45, 2.75) is 49.7 Å². The van der Waals surface area contributed by atoms with E-state index in [-0.39, 0.29) is 12.2 Å². The molecule has 0 bridgehead atoms. The summed E-state index contributed by atoms with van der Waals surface area (Å²) in [4.78, 5) is 41.1. The molecule has 13 nitrogen and oxygen atoms in total. The number of hydrogen-bond acceptors (Lipinski definition) is 10. The monoisotopic (exact) mass is 477 g/mol. The van der Waals surface area contributed by atoms with Crippen LogP contribution in [0.5, 0.6) is 0 Å². The molecule has 6 unspecified atom stereocenters. The lowest BCUT2D eigenvalue weighted by Gasteiger charge is -2.40. The maximum absolute atomic E-state index is 13.0. The number of nitrogens with one attached hydrogen (secondary N) is 2. The molecule has 0 saturated carbocycles. The number of aliphatic hydroxyl groups is 4. The first-order chi connectivity index (χ1) is 16.2. The van der Waals surface area contributed by atoms with Gasteiger partial charge in [0.1, 0.15) is 42.8 Å². The van der Waals surface area contributed by atoms with Gasteiger partial charge in [-0.05, 0) is 11.6 Å². The molecule has 8 N–H and O–H groups in total. The Balaban J connectivity index is 1.75. The molecular weight excluding hydrogens is 450 g/mol. The smallest absolute Gasteiger partial charge is 0.349 e. The number of rotatable bonds is 8. The van der Waals surface area contributed by atoms with Gasteiger partial charge in [-0.15, -0.1) is 0 Å². The molecule has 2 aromatic rings. The van der Waals surface area contributed by atoms with Gasteiger partial charge in [0.25, 0.3) is 0 Å². The van der Waals surface area contributed by atoms with Crippen LogP contribution in [-0.4, -0.2) is 85.1 Å². The third-order valence-electron chi connectivity index (χ3n) is 5.35. The van der Waals surface area contributed by atoms with E-state index in [0.29, 0.717) is 5.56 Å². The van der Waals surface area contributed by atoms with Gasteiger partial charge in [-0.25, -0.2) is 4.79 Å². The maximum atomic E-state index is 13.0. The molecule has 0 aliphatic carbocycles. The fourth-order valence-corrected chi connectivity index (χ4v) is 3.53. The summed E-state index contributed by atoms with van der Waals surface area (Å²) in [5, 5.41) is 44.6. The fourth-order valence-electron chi connectivity index (χ4n) is 3.53. The van der Waals surface area contributed by atoms with Crippen molar-refractivity contribution in [2.75, 3.05) is 12.3 Å². The highest BCUT2D eigenvalue weighted by Gasteiger charge is 2.44. The van der Waals surface area contributed by atoms with Gasteiger partial charge in [-0.3, -0.25) is 14.2 Å². The summed E-state index contributed by atoms with van der Waals surface area (Å²) in [7, 11) is 0. The number of anilines is 1. The molecule has 184 valence electrons. The van der Waals surface area contributed by atoms with Crippen LogP contribution >= 0.6 is 0 Å². The van der Waals surface area contributed by atoms with Crippen LogP contribution in [-0.2, 0) is 27.3 Å². The summed E-state index contributed by atoms with van der Waals surface area (Å²) < 4.78 is 6.06. The molecule has 2 amide bonds. The van der Waals surface area contributed by atoms with E-state index in [1.807, 2.05) is 0 Å². The normalized spacial score (nSPS) is 25.4. The Bertz CT molecular complexity index is 1050. The second-order valence-corrected chi connectivity index (χ2v) is 7.84. The molecule has 0 spiro atoms. The van der Waals surface area contributed by atoms with E-state index in [9.17, 15) is 34.8 Å². The third-order valence-corrected chi connectivity index (χ3v) is 5.35. The van der Waals surface area contributed by atoms with Crippen LogP contribution in [0, 0.1) is 0 Å². The summed E-state index contributed by atoms with van der Waals surface area (Å²) in [6.07, 6.45) is -4.81. The Kier molecular flexibility index (Phi) is 8.31. The van der Waals surface area contributed by atoms with E-state index in [1.165, 1.54) is 12.3 Å². The number of amides is 2. The number of ether oxygens (including phenoxy) is 1. The minimum atomic E-state index is -1.72. The average Bonchev–Trinajstić information content (AvgIpc) is 2.81. The second-order valence-electron chi connectivity index (χ2n) is 7.84. The van der Waals surface area contributed by atoms with Crippen LogP contribution in [0.2, 0.25) is 0 Å². The predicted molar refractivity (Wildman–Crippen MR) is 117 cm³/mol. The van der Waals surface area contributed by atoms with E-state index in [4.69, 9.17) is 10.5 Å². The van der Waals surface area contributed by atoms with Gasteiger partial charge in [-0.2, -0.15) is 4.98 Å². The molecule has 6 atom stereocenters. The van der Waals surface area contributed by atoms with Gasteiger partial charge in [-0.1, -0.05) is 30.3 Å². The van der Waals surface area contributed by atoms with E-state index in [0.717, 1.165) is 4.57 Å². The average molecular weight is 477 g/mol. The van der Waals surface area contributed by atoms with Gasteiger partial charge in [0.15, 0.2) is 6.29 Å². The zero-order chi connectivity index (χ0) is 24.8. The standard InChI is InChI=1S/C21H27N5O8/c22-14-6-7-26(21(33)24-14)9-15(28)23-12(8-11-4-2-1-3-5-11)19(31)25-16-18(30)17(29)13(10-27)34-20(16)32/h1-7,12-13,16-18,20,27,29-30,32H,8-10H2,(H,23,28)(H,25,31)(H2,22,24,33). The molecular formula is C21H27N5O8. The lowest BCUT2D eigenvalue weighted by Crippen LogP contribution is -2.66. The summed E-state index contributed by atoms with van der Waals surface area (Å²) in [5.41, 5.74) is 5.41. The quantitative estimate of drug-likeness (QED) is 0.199. The van der Waals surface area contributed by atoms with Crippen molar-refractivity contribution in [3.63, 3.8) is 0 Å². The zero-order valence-corrected chi connectivity index (χ0v) is 18.0. The van der Waals surface area contributed by atoms with Gasteiger partial charge in [0.2, 0.25) is 11.8 Å². The SMILES string of the molecule is Nc1ccn(CC(=O)NC(Cc2ccccc2)C(=O)NC2C(O)OC(CO)C(O)C2O)c(=O)n1. The Labute approximate surface area is 193 Å². The summed E-state index contributed by atoms with van der Waals surface area (Å²) >= 11 is 0. The van der Waals surface area contributed by atoms with Crippen LogP contribution in [0.25, 0.3) is 0 Å². The lowest BCUT2D eigenvalue weighted by atomic mass is 9.96. The largest absolute Gasteiger partial charge is 0.394 e. The number of nitrogens with zero attached hydrogens (tertiary/aromatic N) is 2. The van der Waals surface area contributed by atoms with Crippen LogP contribution in [0.1, 0.15) is 5.56 Å². The third kappa shape index (κ3) is 6.15. The first kappa shape index (κ1) is 25.3. The zero-order valence-electron chi connectivity index (χ0n) is 18.0. The number of carbonyl (C=O) groups is 2. The molecule has 34 heavy (non-hydrogen) atoms. The number of carbonyl (C=O) groups excluding carboxylic acids is 2. The minimum absolute atomic E-state index is 0.000399. The number of nitrogen functional groups attached to an aromatic ring is 1. The first-order valence-electron chi connectivity index (χ1n) is 10.5. The van der Waals surface area contributed by atoms with Gasteiger partial charge in [0.05, 0.1) is 6.61 Å². The highest BCUT2D eigenvalue weighted by molar-refractivity contribution is 5.88. The van der Waals surface area contributed by atoms with Crippen molar-refractivity contribution < 1.29 is 34.8 Å². The van der Waals surface area contributed by atoms with E-state index in [2.05, 4.69) is 15.6 Å². The highest BCUT2D eigenvalue weighted by Crippen LogP contribution is 2.20. The molecule has 1 aliphatic rings. The highest BCUT2D eigenvalue weighted by atomic mass is 16.6. The molecule has 1 fully saturated rings. The Morgan fingerprint density at radius 2 is 1.85 bits per heavy atom. The maximum Gasteiger partial charge on any atom is 0.349 e. The molecule has 13 heteroatoms. The molecule has 2 heterocycles. The van der Waals surface area contributed by atoms with Crippen molar-refractivity contribution in [3.8, 4) is 0 Å². The van der Waals surface area contributed by atoms with Crippen LogP contribution < -0.4 is 22.1 Å². The van der Waals surface area contributed by atoms with Crippen molar-refractivity contribution in [1.82, 2.24) is 20.2 Å². The predicted octanol–water partition coefficient (Wildman–Crippen LogP) is -3.53. The van der Waals surface area contributed by atoms with Crippen molar-refractivity contribution in [3.05, 3.63) is 58.6 Å². The van der Waals surface area contributed by atoms with Gasteiger partial charge >= 0.3 is 5.69 Å². The van der Waals surface area contributed by atoms with Crippen LogP contribution in [0.3, 0.4) is 0 Å². The molecule has 1 aliphatic heterocycles. The molecule has 0 radical (unpaired) electrons. The summed E-state index contributed by atoms with van der Waals surface area (Å²) in [6.45, 7) is -1.08. The fraction of sp³-hybridized carbons (Fsp3) is 0.429. The van der Waals surface area contributed by atoms with E-state index >= 15 is 0 Å². The number of hydrogen-bond donors (Lipinski definition) is 7. The topological polar surface area (TPSA) is 209 Å².